The van der Waals surface area contributed by atoms with E-state index in [-0.39, 0.29) is 5.91 Å². The SMILES string of the molecule is COc1ccc(C=CC(=O)Nc2ccc(C#N)c(Cl)c2)cc1. The van der Waals surface area contributed by atoms with E-state index in [2.05, 4.69) is 5.32 Å². The molecule has 5 heteroatoms. The second-order valence-corrected chi connectivity index (χ2v) is 4.81. The van der Waals surface area contributed by atoms with Crippen LogP contribution in [0.15, 0.2) is 48.5 Å². The molecule has 2 aromatic rings. The average molecular weight is 313 g/mol. The standard InChI is InChI=1S/C17H13ClN2O2/c1-22-15-7-2-12(3-8-15)4-9-17(21)20-14-6-5-13(11-19)16(18)10-14/h2-10H,1H3,(H,20,21). The molecule has 0 aliphatic heterocycles. The van der Waals surface area contributed by atoms with Gasteiger partial charge in [-0.15, -0.1) is 0 Å². The maximum atomic E-state index is 11.8. The molecule has 1 amide bonds. The third-order valence-electron chi connectivity index (χ3n) is 2.90. The number of carbonyl (C=O) groups is 1. The van der Waals surface area contributed by atoms with Crippen LogP contribution in [0.3, 0.4) is 0 Å². The van der Waals surface area contributed by atoms with Crippen molar-refractivity contribution in [3.05, 3.63) is 64.7 Å². The van der Waals surface area contributed by atoms with Crippen molar-refractivity contribution in [2.24, 2.45) is 0 Å². The first kappa shape index (κ1) is 15.6. The van der Waals surface area contributed by atoms with Gasteiger partial charge >= 0.3 is 0 Å². The molecule has 22 heavy (non-hydrogen) atoms. The lowest BCUT2D eigenvalue weighted by molar-refractivity contribution is -0.111. The molecule has 0 spiro atoms. The molecule has 2 rings (SSSR count). The molecule has 0 aromatic heterocycles. The van der Waals surface area contributed by atoms with Crippen molar-refractivity contribution in [1.82, 2.24) is 0 Å². The number of nitrogens with zero attached hydrogens (tertiary/aromatic N) is 1. The Balaban J connectivity index is 2.01. The fourth-order valence-corrected chi connectivity index (χ4v) is 1.98. The number of hydrogen-bond donors (Lipinski definition) is 1. The van der Waals surface area contributed by atoms with Crippen molar-refractivity contribution in [2.45, 2.75) is 0 Å². The van der Waals surface area contributed by atoms with Crippen molar-refractivity contribution < 1.29 is 9.53 Å². The quantitative estimate of drug-likeness (QED) is 0.872. The van der Waals surface area contributed by atoms with Crippen LogP contribution in [0.1, 0.15) is 11.1 Å². The van der Waals surface area contributed by atoms with Crippen LogP contribution in [0, 0.1) is 11.3 Å². The predicted molar refractivity (Wildman–Crippen MR) is 86.8 cm³/mol. The molecule has 0 atom stereocenters. The number of anilines is 1. The van der Waals surface area contributed by atoms with Gasteiger partial charge in [-0.05, 0) is 42.0 Å². The summed E-state index contributed by atoms with van der Waals surface area (Å²) in [5.41, 5.74) is 1.79. The van der Waals surface area contributed by atoms with Crippen LogP contribution in [0.5, 0.6) is 5.75 Å². The van der Waals surface area contributed by atoms with E-state index >= 15 is 0 Å². The summed E-state index contributed by atoms with van der Waals surface area (Å²) < 4.78 is 5.07. The van der Waals surface area contributed by atoms with Gasteiger partial charge in [0.05, 0.1) is 17.7 Å². The summed E-state index contributed by atoms with van der Waals surface area (Å²) in [4.78, 5) is 11.8. The van der Waals surface area contributed by atoms with E-state index in [0.717, 1.165) is 11.3 Å². The van der Waals surface area contributed by atoms with Gasteiger partial charge in [-0.2, -0.15) is 5.26 Å². The minimum atomic E-state index is -0.281. The zero-order valence-electron chi connectivity index (χ0n) is 11.8. The monoisotopic (exact) mass is 312 g/mol. The number of amides is 1. The van der Waals surface area contributed by atoms with Gasteiger partial charge in [0, 0.05) is 11.8 Å². The molecule has 0 saturated carbocycles. The molecular weight excluding hydrogens is 300 g/mol. The number of nitriles is 1. The smallest absolute Gasteiger partial charge is 0.248 e. The number of carbonyl (C=O) groups excluding carboxylic acids is 1. The minimum Gasteiger partial charge on any atom is -0.497 e. The molecule has 0 heterocycles. The summed E-state index contributed by atoms with van der Waals surface area (Å²) in [5.74, 6) is 0.477. The van der Waals surface area contributed by atoms with Gasteiger partial charge in [-0.25, -0.2) is 0 Å². The zero-order chi connectivity index (χ0) is 15.9. The highest BCUT2D eigenvalue weighted by molar-refractivity contribution is 6.32. The van der Waals surface area contributed by atoms with Gasteiger partial charge in [0.1, 0.15) is 11.8 Å². The first-order valence-electron chi connectivity index (χ1n) is 6.45. The van der Waals surface area contributed by atoms with Crippen molar-refractivity contribution in [1.29, 1.82) is 5.26 Å². The van der Waals surface area contributed by atoms with E-state index in [1.54, 1.807) is 31.4 Å². The molecule has 0 fully saturated rings. The molecule has 110 valence electrons. The topological polar surface area (TPSA) is 62.1 Å². The fourth-order valence-electron chi connectivity index (χ4n) is 1.75. The maximum Gasteiger partial charge on any atom is 0.248 e. The number of rotatable bonds is 4. The molecule has 0 aliphatic rings. The zero-order valence-corrected chi connectivity index (χ0v) is 12.6. The Labute approximate surface area is 133 Å². The Morgan fingerprint density at radius 2 is 2.00 bits per heavy atom. The second kappa shape index (κ2) is 7.30. The maximum absolute atomic E-state index is 11.8. The number of halogens is 1. The number of methoxy groups -OCH3 is 1. The molecule has 0 bridgehead atoms. The summed E-state index contributed by atoms with van der Waals surface area (Å²) in [5, 5.41) is 11.8. The molecule has 1 N–H and O–H groups in total. The Morgan fingerprint density at radius 1 is 1.27 bits per heavy atom. The lowest BCUT2D eigenvalue weighted by atomic mass is 10.2. The Morgan fingerprint density at radius 3 is 2.59 bits per heavy atom. The number of benzene rings is 2. The Kier molecular flexibility index (Phi) is 5.18. The molecule has 0 saturated heterocycles. The lowest BCUT2D eigenvalue weighted by Crippen LogP contribution is -2.07. The third-order valence-corrected chi connectivity index (χ3v) is 3.21. The van der Waals surface area contributed by atoms with E-state index < -0.39 is 0 Å². The number of hydrogen-bond acceptors (Lipinski definition) is 3. The molecule has 0 aliphatic carbocycles. The van der Waals surface area contributed by atoms with E-state index in [9.17, 15) is 4.79 Å². The first-order chi connectivity index (χ1) is 10.6. The summed E-state index contributed by atoms with van der Waals surface area (Å²) in [6, 6.07) is 14.0. The van der Waals surface area contributed by atoms with Crippen LogP contribution in [0.25, 0.3) is 6.08 Å². The molecule has 4 nitrogen and oxygen atoms in total. The van der Waals surface area contributed by atoms with Gasteiger partial charge in [0.25, 0.3) is 0 Å². The molecular formula is C17H13ClN2O2. The highest BCUT2D eigenvalue weighted by Gasteiger charge is 2.03. The van der Waals surface area contributed by atoms with Gasteiger partial charge < -0.3 is 10.1 Å². The summed E-state index contributed by atoms with van der Waals surface area (Å²) in [6.07, 6.45) is 3.12. The summed E-state index contributed by atoms with van der Waals surface area (Å²) in [7, 11) is 1.60. The Hall–Kier alpha value is -2.77. The first-order valence-corrected chi connectivity index (χ1v) is 6.83. The van der Waals surface area contributed by atoms with Crippen LogP contribution < -0.4 is 10.1 Å². The van der Waals surface area contributed by atoms with Crippen LogP contribution in [-0.2, 0) is 4.79 Å². The van der Waals surface area contributed by atoms with E-state index in [1.807, 2.05) is 30.3 Å². The predicted octanol–water partition coefficient (Wildman–Crippen LogP) is 3.87. The summed E-state index contributed by atoms with van der Waals surface area (Å²) >= 11 is 5.91. The Bertz CT molecular complexity index is 746. The molecule has 2 aromatic carbocycles. The molecule has 0 unspecified atom stereocenters. The second-order valence-electron chi connectivity index (χ2n) is 4.40. The number of nitrogens with one attached hydrogen (secondary N) is 1. The van der Waals surface area contributed by atoms with Gasteiger partial charge in [0.15, 0.2) is 0 Å². The van der Waals surface area contributed by atoms with E-state index in [0.29, 0.717) is 16.3 Å². The normalized spacial score (nSPS) is 10.2. The summed E-state index contributed by atoms with van der Waals surface area (Å²) in [6.45, 7) is 0. The van der Waals surface area contributed by atoms with Gasteiger partial charge in [0.2, 0.25) is 5.91 Å². The van der Waals surface area contributed by atoms with E-state index in [4.69, 9.17) is 21.6 Å². The average Bonchev–Trinajstić information content (AvgIpc) is 2.53. The van der Waals surface area contributed by atoms with E-state index in [1.165, 1.54) is 6.08 Å². The van der Waals surface area contributed by atoms with Crippen LogP contribution in [-0.4, -0.2) is 13.0 Å². The van der Waals surface area contributed by atoms with Crippen molar-refractivity contribution in [3.63, 3.8) is 0 Å². The van der Waals surface area contributed by atoms with Crippen LogP contribution in [0.2, 0.25) is 5.02 Å². The van der Waals surface area contributed by atoms with Gasteiger partial charge in [-0.1, -0.05) is 23.7 Å². The van der Waals surface area contributed by atoms with Crippen LogP contribution >= 0.6 is 11.6 Å². The fraction of sp³-hybridized carbons (Fsp3) is 0.0588. The lowest BCUT2D eigenvalue weighted by Gasteiger charge is -2.03. The highest BCUT2D eigenvalue weighted by Crippen LogP contribution is 2.20. The third kappa shape index (κ3) is 4.11. The molecule has 0 radical (unpaired) electrons. The largest absolute Gasteiger partial charge is 0.497 e. The highest BCUT2D eigenvalue weighted by atomic mass is 35.5. The van der Waals surface area contributed by atoms with Crippen LogP contribution in [0.4, 0.5) is 5.69 Å². The van der Waals surface area contributed by atoms with Gasteiger partial charge in [-0.3, -0.25) is 4.79 Å². The number of ether oxygens (including phenoxy) is 1. The van der Waals surface area contributed by atoms with Crippen molar-refractivity contribution in [3.8, 4) is 11.8 Å². The minimum absolute atomic E-state index is 0.281. The van der Waals surface area contributed by atoms with Crippen molar-refractivity contribution >= 4 is 29.3 Å². The van der Waals surface area contributed by atoms with Crippen molar-refractivity contribution in [2.75, 3.05) is 12.4 Å².